The van der Waals surface area contributed by atoms with Crippen molar-refractivity contribution >= 4 is 34.8 Å². The predicted octanol–water partition coefficient (Wildman–Crippen LogP) is 8.82. The molecule has 248 valence electrons. The van der Waals surface area contributed by atoms with E-state index < -0.39 is 23.5 Å². The van der Waals surface area contributed by atoms with Gasteiger partial charge in [-0.05, 0) is 118 Å². The largest absolute Gasteiger partial charge is 0.489 e. The molecule has 1 N–H and O–H groups in total. The first-order valence-corrected chi connectivity index (χ1v) is 16.1. The number of amides is 1. The Hall–Kier alpha value is -4.96. The minimum absolute atomic E-state index is 0.0361. The van der Waals surface area contributed by atoms with Gasteiger partial charge in [0.2, 0.25) is 5.89 Å². The molecule has 1 aliphatic rings. The number of aryl methyl sites for hydroxylation is 1. The molecule has 0 bridgehead atoms. The quantitative estimate of drug-likeness (QED) is 0.165. The monoisotopic (exact) mass is 671 g/mol. The van der Waals surface area contributed by atoms with E-state index in [-0.39, 0.29) is 24.9 Å². The molecule has 9 nitrogen and oxygen atoms in total. The molecule has 5 aromatic rings. The number of pyridine rings is 1. The minimum Gasteiger partial charge on any atom is -0.489 e. The van der Waals surface area contributed by atoms with Gasteiger partial charge in [-0.1, -0.05) is 29.8 Å². The SMILES string of the molecule is CC(C)(C)OC(=O)N(CCc1cc(F)ccc1OCc1ccc(-c2nc3cc(Cl)ccc3o2)cc1)C1CCCc2nc(C(=O)O)ccc21. The molecule has 0 saturated carbocycles. The molecule has 0 saturated heterocycles. The topological polar surface area (TPSA) is 115 Å². The molecule has 3 aromatic carbocycles. The van der Waals surface area contributed by atoms with Crippen LogP contribution in [0.2, 0.25) is 5.02 Å². The normalized spacial score (nSPS) is 14.4. The number of rotatable bonds is 9. The average molecular weight is 672 g/mol. The third-order valence-corrected chi connectivity index (χ3v) is 8.31. The van der Waals surface area contributed by atoms with Crippen molar-refractivity contribution in [3.05, 3.63) is 112 Å². The van der Waals surface area contributed by atoms with E-state index in [1.807, 2.05) is 24.3 Å². The number of carboxylic acid groups (broad SMARTS) is 1. The van der Waals surface area contributed by atoms with Gasteiger partial charge in [0.15, 0.2) is 5.58 Å². The second-order valence-corrected chi connectivity index (χ2v) is 13.2. The van der Waals surface area contributed by atoms with Crippen LogP contribution in [0, 0.1) is 5.82 Å². The van der Waals surface area contributed by atoms with Crippen LogP contribution in [0.3, 0.4) is 0 Å². The van der Waals surface area contributed by atoms with E-state index in [9.17, 15) is 19.1 Å². The van der Waals surface area contributed by atoms with Gasteiger partial charge in [0.1, 0.15) is 35.0 Å². The summed E-state index contributed by atoms with van der Waals surface area (Å²) >= 11 is 6.08. The fourth-order valence-electron chi connectivity index (χ4n) is 5.83. The molecule has 6 rings (SSSR count). The van der Waals surface area contributed by atoms with Gasteiger partial charge >= 0.3 is 12.1 Å². The number of aromatic nitrogens is 2. The van der Waals surface area contributed by atoms with Gasteiger partial charge in [-0.15, -0.1) is 0 Å². The summed E-state index contributed by atoms with van der Waals surface area (Å²) < 4.78 is 32.4. The number of hydrogen-bond acceptors (Lipinski definition) is 7. The third kappa shape index (κ3) is 7.60. The zero-order chi connectivity index (χ0) is 34.0. The lowest BCUT2D eigenvalue weighted by Gasteiger charge is -2.36. The highest BCUT2D eigenvalue weighted by Crippen LogP contribution is 2.35. The highest BCUT2D eigenvalue weighted by Gasteiger charge is 2.33. The standard InChI is InChI=1S/C37H35ClFN3O6/c1-37(2,3)48-36(45)42(31-6-4-5-28-27(31)13-14-29(40-28)35(43)44)18-17-24-19-26(39)12-16-32(24)46-21-22-7-9-23(10-8-22)34-41-30-20-25(38)11-15-33(30)47-34/h7-16,19-20,31H,4-6,17-18,21H2,1-3H3,(H,43,44). The van der Waals surface area contributed by atoms with Crippen LogP contribution in [0.15, 0.2) is 77.2 Å². The van der Waals surface area contributed by atoms with E-state index in [1.165, 1.54) is 18.2 Å². The van der Waals surface area contributed by atoms with E-state index in [0.29, 0.717) is 58.3 Å². The van der Waals surface area contributed by atoms with Crippen LogP contribution in [-0.2, 0) is 24.2 Å². The number of carbonyl (C=O) groups is 2. The van der Waals surface area contributed by atoms with Crippen LogP contribution in [0.1, 0.15) is 72.5 Å². The first kappa shape index (κ1) is 33.0. The van der Waals surface area contributed by atoms with Crippen molar-refractivity contribution in [3.8, 4) is 17.2 Å². The molecular formula is C37H35ClFN3O6. The van der Waals surface area contributed by atoms with Gasteiger partial charge < -0.3 is 23.9 Å². The van der Waals surface area contributed by atoms with Crippen LogP contribution < -0.4 is 4.74 Å². The first-order valence-electron chi connectivity index (χ1n) is 15.7. The highest BCUT2D eigenvalue weighted by molar-refractivity contribution is 6.31. The number of carboxylic acids is 1. The lowest BCUT2D eigenvalue weighted by Crippen LogP contribution is -2.41. The molecule has 2 aromatic heterocycles. The highest BCUT2D eigenvalue weighted by atomic mass is 35.5. The lowest BCUT2D eigenvalue weighted by atomic mass is 9.89. The number of ether oxygens (including phenoxy) is 2. The zero-order valence-electron chi connectivity index (χ0n) is 26.8. The number of hydrogen-bond donors (Lipinski definition) is 1. The lowest BCUT2D eigenvalue weighted by molar-refractivity contribution is 0.0140. The Morgan fingerprint density at radius 3 is 2.58 bits per heavy atom. The Labute approximate surface area is 282 Å². The van der Waals surface area contributed by atoms with Crippen LogP contribution in [0.4, 0.5) is 9.18 Å². The van der Waals surface area contributed by atoms with E-state index in [2.05, 4.69) is 9.97 Å². The van der Waals surface area contributed by atoms with Crippen molar-refractivity contribution in [1.82, 2.24) is 14.9 Å². The molecule has 1 aliphatic carbocycles. The fraction of sp³-hybridized carbons (Fsp3) is 0.297. The molecular weight excluding hydrogens is 637 g/mol. The van der Waals surface area contributed by atoms with E-state index in [0.717, 1.165) is 23.1 Å². The summed E-state index contributed by atoms with van der Waals surface area (Å²) in [5, 5.41) is 10.0. The number of halogens is 2. The second kappa shape index (κ2) is 13.6. The molecule has 0 spiro atoms. The molecule has 2 heterocycles. The Bertz CT molecular complexity index is 1970. The van der Waals surface area contributed by atoms with Crippen molar-refractivity contribution in [1.29, 1.82) is 0 Å². The maximum Gasteiger partial charge on any atom is 0.410 e. The summed E-state index contributed by atoms with van der Waals surface area (Å²) in [6, 6.07) is 20.1. The van der Waals surface area contributed by atoms with Gasteiger partial charge in [-0.25, -0.2) is 23.9 Å². The Balaban J connectivity index is 1.19. The van der Waals surface area contributed by atoms with Crippen molar-refractivity contribution < 1.29 is 33.0 Å². The molecule has 11 heteroatoms. The van der Waals surface area contributed by atoms with Gasteiger partial charge in [0.25, 0.3) is 0 Å². The van der Waals surface area contributed by atoms with Gasteiger partial charge in [0, 0.05) is 22.8 Å². The number of fused-ring (bicyclic) bond motifs is 2. The molecule has 0 aliphatic heterocycles. The summed E-state index contributed by atoms with van der Waals surface area (Å²) in [6.45, 7) is 5.84. The Morgan fingerprint density at radius 2 is 1.83 bits per heavy atom. The summed E-state index contributed by atoms with van der Waals surface area (Å²) in [7, 11) is 0. The molecule has 1 amide bonds. The number of aromatic carboxylic acids is 1. The number of benzene rings is 3. The van der Waals surface area contributed by atoms with E-state index >= 15 is 0 Å². The van der Waals surface area contributed by atoms with E-state index in [4.69, 9.17) is 25.5 Å². The van der Waals surface area contributed by atoms with Crippen molar-refractivity contribution in [2.75, 3.05) is 6.54 Å². The van der Waals surface area contributed by atoms with Gasteiger partial charge in [0.05, 0.1) is 6.04 Å². The fourth-order valence-corrected chi connectivity index (χ4v) is 5.99. The second-order valence-electron chi connectivity index (χ2n) is 12.7. The Kier molecular flexibility index (Phi) is 9.37. The van der Waals surface area contributed by atoms with Gasteiger partial charge in [-0.3, -0.25) is 0 Å². The summed E-state index contributed by atoms with van der Waals surface area (Å²) in [5.74, 6) is -0.544. The molecule has 0 radical (unpaired) electrons. The summed E-state index contributed by atoms with van der Waals surface area (Å²) in [5.41, 5.74) is 4.27. The molecule has 1 atom stereocenters. The van der Waals surface area contributed by atoms with Crippen LogP contribution in [0.5, 0.6) is 5.75 Å². The maximum atomic E-state index is 14.5. The van der Waals surface area contributed by atoms with Crippen molar-refractivity contribution in [2.24, 2.45) is 0 Å². The Morgan fingerprint density at radius 1 is 1.04 bits per heavy atom. The predicted molar refractivity (Wildman–Crippen MR) is 179 cm³/mol. The number of nitrogens with zero attached hydrogens (tertiary/aromatic N) is 3. The van der Waals surface area contributed by atoms with Gasteiger partial charge in [-0.2, -0.15) is 0 Å². The maximum absolute atomic E-state index is 14.5. The van der Waals surface area contributed by atoms with Crippen LogP contribution in [0.25, 0.3) is 22.6 Å². The summed E-state index contributed by atoms with van der Waals surface area (Å²) in [4.78, 5) is 35.7. The minimum atomic E-state index is -1.10. The molecule has 1 unspecified atom stereocenters. The molecule has 0 fully saturated rings. The zero-order valence-corrected chi connectivity index (χ0v) is 27.6. The smallest absolute Gasteiger partial charge is 0.410 e. The van der Waals surface area contributed by atoms with Crippen molar-refractivity contribution in [2.45, 2.75) is 64.7 Å². The average Bonchev–Trinajstić information content (AvgIpc) is 3.47. The van der Waals surface area contributed by atoms with Crippen molar-refractivity contribution in [3.63, 3.8) is 0 Å². The number of oxazole rings is 1. The van der Waals surface area contributed by atoms with E-state index in [1.54, 1.807) is 56.0 Å². The van der Waals surface area contributed by atoms with Crippen LogP contribution in [-0.4, -0.2) is 44.2 Å². The first-order chi connectivity index (χ1) is 22.9. The van der Waals surface area contributed by atoms with Crippen LogP contribution >= 0.6 is 11.6 Å². The molecule has 48 heavy (non-hydrogen) atoms. The summed E-state index contributed by atoms with van der Waals surface area (Å²) in [6.07, 6.45) is 1.77. The third-order valence-electron chi connectivity index (χ3n) is 8.07. The number of carbonyl (C=O) groups excluding carboxylic acids is 1.